The molecular weight excluding hydrogens is 280 g/mol. The van der Waals surface area contributed by atoms with Gasteiger partial charge < -0.3 is 9.73 Å². The number of oxazole rings is 1. The van der Waals surface area contributed by atoms with Crippen LogP contribution in [0.4, 0.5) is 5.69 Å². The molecule has 0 aliphatic rings. The van der Waals surface area contributed by atoms with Crippen LogP contribution in [0.3, 0.4) is 0 Å². The Labute approximate surface area is 129 Å². The summed E-state index contributed by atoms with van der Waals surface area (Å²) in [6.07, 6.45) is 1.92. The molecule has 4 heteroatoms. The lowest BCUT2D eigenvalue weighted by molar-refractivity contribution is 0.538. The molecule has 110 valence electrons. The number of nitrogens with zero attached hydrogens (tertiary/aromatic N) is 1. The van der Waals surface area contributed by atoms with Crippen LogP contribution >= 0.6 is 11.3 Å². The van der Waals surface area contributed by atoms with E-state index in [9.17, 15) is 0 Å². The second-order valence-corrected chi connectivity index (χ2v) is 6.37. The van der Waals surface area contributed by atoms with Gasteiger partial charge in [-0.3, -0.25) is 0 Å². The van der Waals surface area contributed by atoms with Gasteiger partial charge in [0.25, 0.3) is 0 Å². The molecule has 0 spiro atoms. The van der Waals surface area contributed by atoms with Crippen molar-refractivity contribution >= 4 is 28.1 Å². The summed E-state index contributed by atoms with van der Waals surface area (Å²) < 4.78 is 5.64. The Morgan fingerprint density at radius 1 is 1.19 bits per heavy atom. The third-order valence-corrected chi connectivity index (χ3v) is 4.99. The van der Waals surface area contributed by atoms with E-state index in [4.69, 9.17) is 4.42 Å². The lowest BCUT2D eigenvalue weighted by Gasteiger charge is -2.13. The van der Waals surface area contributed by atoms with Gasteiger partial charge in [0.15, 0.2) is 11.5 Å². The Hall–Kier alpha value is -1.81. The van der Waals surface area contributed by atoms with E-state index in [1.54, 1.807) is 0 Å². The van der Waals surface area contributed by atoms with Gasteiger partial charge >= 0.3 is 0 Å². The number of hydrogen-bond donors (Lipinski definition) is 1. The Morgan fingerprint density at radius 2 is 2.05 bits per heavy atom. The van der Waals surface area contributed by atoms with E-state index >= 15 is 0 Å². The SMILES string of the molecule is CCc1nc2cc(NC(C)c3ccc(CC)s3)ccc2o1. The van der Waals surface area contributed by atoms with Crippen molar-refractivity contribution in [2.45, 2.75) is 39.7 Å². The molecule has 0 bridgehead atoms. The van der Waals surface area contributed by atoms with Crippen molar-refractivity contribution in [1.29, 1.82) is 0 Å². The summed E-state index contributed by atoms with van der Waals surface area (Å²) in [5.41, 5.74) is 2.86. The lowest BCUT2D eigenvalue weighted by Crippen LogP contribution is -2.04. The van der Waals surface area contributed by atoms with E-state index in [1.165, 1.54) is 9.75 Å². The number of benzene rings is 1. The summed E-state index contributed by atoms with van der Waals surface area (Å²) in [6, 6.07) is 10.8. The van der Waals surface area contributed by atoms with Crippen LogP contribution in [0.5, 0.6) is 0 Å². The summed E-state index contributed by atoms with van der Waals surface area (Å²) in [5, 5.41) is 3.54. The molecule has 2 heterocycles. The number of anilines is 1. The van der Waals surface area contributed by atoms with Crippen LogP contribution in [0.2, 0.25) is 0 Å². The Bertz CT molecular complexity index is 744. The molecule has 2 aromatic heterocycles. The van der Waals surface area contributed by atoms with Crippen molar-refractivity contribution in [3.8, 4) is 0 Å². The van der Waals surface area contributed by atoms with E-state index in [2.05, 4.69) is 48.4 Å². The Kier molecular flexibility index (Phi) is 3.97. The van der Waals surface area contributed by atoms with Crippen molar-refractivity contribution in [3.05, 3.63) is 46.0 Å². The second kappa shape index (κ2) is 5.90. The fourth-order valence-electron chi connectivity index (χ4n) is 2.35. The first-order chi connectivity index (χ1) is 10.2. The summed E-state index contributed by atoms with van der Waals surface area (Å²) in [5.74, 6) is 0.793. The zero-order valence-electron chi connectivity index (χ0n) is 12.6. The van der Waals surface area contributed by atoms with E-state index in [1.807, 2.05) is 24.3 Å². The molecule has 3 rings (SSSR count). The average molecular weight is 300 g/mol. The van der Waals surface area contributed by atoms with Gasteiger partial charge in [0.05, 0.1) is 6.04 Å². The topological polar surface area (TPSA) is 38.1 Å². The highest BCUT2D eigenvalue weighted by Gasteiger charge is 2.10. The third-order valence-electron chi connectivity index (χ3n) is 3.58. The monoisotopic (exact) mass is 300 g/mol. The quantitative estimate of drug-likeness (QED) is 0.705. The van der Waals surface area contributed by atoms with Crippen molar-refractivity contribution in [2.75, 3.05) is 5.32 Å². The molecule has 3 nitrogen and oxygen atoms in total. The molecule has 0 aliphatic carbocycles. The van der Waals surface area contributed by atoms with Crippen molar-refractivity contribution in [1.82, 2.24) is 4.98 Å². The van der Waals surface area contributed by atoms with Gasteiger partial charge in [-0.1, -0.05) is 13.8 Å². The van der Waals surface area contributed by atoms with Gasteiger partial charge in [0, 0.05) is 21.9 Å². The first kappa shape index (κ1) is 14.1. The highest BCUT2D eigenvalue weighted by molar-refractivity contribution is 7.12. The molecule has 0 aliphatic heterocycles. The van der Waals surface area contributed by atoms with Gasteiger partial charge in [-0.25, -0.2) is 4.98 Å². The number of aryl methyl sites for hydroxylation is 2. The van der Waals surface area contributed by atoms with Crippen LogP contribution < -0.4 is 5.32 Å². The van der Waals surface area contributed by atoms with Crippen LogP contribution in [-0.4, -0.2) is 4.98 Å². The summed E-state index contributed by atoms with van der Waals surface area (Å²) >= 11 is 1.87. The molecule has 0 saturated carbocycles. The van der Waals surface area contributed by atoms with E-state index < -0.39 is 0 Å². The van der Waals surface area contributed by atoms with Crippen LogP contribution in [-0.2, 0) is 12.8 Å². The number of rotatable bonds is 5. The summed E-state index contributed by atoms with van der Waals surface area (Å²) in [7, 11) is 0. The van der Waals surface area contributed by atoms with E-state index in [0.29, 0.717) is 6.04 Å². The van der Waals surface area contributed by atoms with Crippen molar-refractivity contribution in [2.24, 2.45) is 0 Å². The van der Waals surface area contributed by atoms with Crippen LogP contribution in [0, 0.1) is 0 Å². The minimum Gasteiger partial charge on any atom is -0.441 e. The molecular formula is C17H20N2OS. The molecule has 0 saturated heterocycles. The Morgan fingerprint density at radius 3 is 2.76 bits per heavy atom. The summed E-state index contributed by atoms with van der Waals surface area (Å²) in [6.45, 7) is 6.43. The van der Waals surface area contributed by atoms with Crippen LogP contribution in [0.25, 0.3) is 11.1 Å². The molecule has 21 heavy (non-hydrogen) atoms. The van der Waals surface area contributed by atoms with Crippen LogP contribution in [0.15, 0.2) is 34.7 Å². The molecule has 1 aromatic carbocycles. The minimum atomic E-state index is 0.297. The van der Waals surface area contributed by atoms with Gasteiger partial charge in [-0.2, -0.15) is 0 Å². The first-order valence-corrected chi connectivity index (χ1v) is 8.25. The predicted octanol–water partition coefficient (Wildman–Crippen LogP) is 5.19. The maximum atomic E-state index is 5.64. The van der Waals surface area contributed by atoms with Crippen LogP contribution in [0.1, 0.15) is 42.5 Å². The molecule has 1 atom stereocenters. The average Bonchev–Trinajstić information content (AvgIpc) is 3.12. The van der Waals surface area contributed by atoms with Gasteiger partial charge in [-0.05, 0) is 43.7 Å². The number of thiophene rings is 1. The zero-order valence-corrected chi connectivity index (χ0v) is 13.5. The predicted molar refractivity (Wildman–Crippen MR) is 89.1 cm³/mol. The second-order valence-electron chi connectivity index (χ2n) is 5.17. The molecule has 0 amide bonds. The maximum Gasteiger partial charge on any atom is 0.195 e. The number of nitrogens with one attached hydrogen (secondary N) is 1. The molecule has 0 fully saturated rings. The van der Waals surface area contributed by atoms with Crippen molar-refractivity contribution < 1.29 is 4.42 Å². The number of fused-ring (bicyclic) bond motifs is 1. The third kappa shape index (κ3) is 2.95. The normalized spacial score (nSPS) is 12.7. The summed E-state index contributed by atoms with van der Waals surface area (Å²) in [4.78, 5) is 7.28. The highest BCUT2D eigenvalue weighted by atomic mass is 32.1. The number of aromatic nitrogens is 1. The van der Waals surface area contributed by atoms with E-state index in [0.717, 1.165) is 35.5 Å². The molecule has 1 unspecified atom stereocenters. The lowest BCUT2D eigenvalue weighted by atomic mass is 10.2. The minimum absolute atomic E-state index is 0.297. The first-order valence-electron chi connectivity index (χ1n) is 7.44. The number of hydrogen-bond acceptors (Lipinski definition) is 4. The maximum absolute atomic E-state index is 5.64. The fraction of sp³-hybridized carbons (Fsp3) is 0.353. The van der Waals surface area contributed by atoms with Gasteiger partial charge in [-0.15, -0.1) is 11.3 Å². The van der Waals surface area contributed by atoms with Gasteiger partial charge in [0.2, 0.25) is 0 Å². The zero-order chi connectivity index (χ0) is 14.8. The van der Waals surface area contributed by atoms with Gasteiger partial charge in [0.1, 0.15) is 5.52 Å². The Balaban J connectivity index is 1.80. The molecule has 0 radical (unpaired) electrons. The molecule has 3 aromatic rings. The smallest absolute Gasteiger partial charge is 0.195 e. The molecule has 1 N–H and O–H groups in total. The standard InChI is InChI=1S/C17H20N2OS/c1-4-13-7-9-16(21-13)11(3)18-12-6-8-15-14(10-12)19-17(5-2)20-15/h6-11,18H,4-5H2,1-3H3. The van der Waals surface area contributed by atoms with E-state index in [-0.39, 0.29) is 0 Å². The largest absolute Gasteiger partial charge is 0.441 e. The highest BCUT2D eigenvalue weighted by Crippen LogP contribution is 2.28. The van der Waals surface area contributed by atoms with Crippen molar-refractivity contribution in [3.63, 3.8) is 0 Å². The fourth-order valence-corrected chi connectivity index (χ4v) is 3.31.